The molecule has 0 spiro atoms. The summed E-state index contributed by atoms with van der Waals surface area (Å²) < 4.78 is 97.3. The molecular formula is C21H23F5NO5P. The van der Waals surface area contributed by atoms with E-state index in [0.29, 0.717) is 12.8 Å². The standard InChI is InChI=1S/C21H23F5NO5P/c1-4-9-13(5-2)30-21(28)12(3)27-33(29,31-14-10-7-6-8-11-14)32-20-18(25)16(23)15(22)17(24)19(20)26/h6-8,10-13H,4-5,9H2,1-3H3,(H,27,29)/t12-,13?,33-/m0/s1. The second-order valence-corrected chi connectivity index (χ2v) is 8.62. The summed E-state index contributed by atoms with van der Waals surface area (Å²) in [4.78, 5) is 12.4. The summed E-state index contributed by atoms with van der Waals surface area (Å²) >= 11 is 0. The number of ether oxygens (including phenoxy) is 1. The van der Waals surface area contributed by atoms with Crippen LogP contribution in [0.4, 0.5) is 22.0 Å². The van der Waals surface area contributed by atoms with Gasteiger partial charge in [-0.2, -0.15) is 13.9 Å². The zero-order chi connectivity index (χ0) is 24.8. The molecule has 6 nitrogen and oxygen atoms in total. The molecule has 0 radical (unpaired) electrons. The molecule has 0 heterocycles. The summed E-state index contributed by atoms with van der Waals surface area (Å²) in [6.45, 7) is 4.89. The summed E-state index contributed by atoms with van der Waals surface area (Å²) in [6, 6.07) is 5.71. The molecule has 12 heteroatoms. The molecule has 1 N–H and O–H groups in total. The van der Waals surface area contributed by atoms with Crippen molar-refractivity contribution in [2.24, 2.45) is 0 Å². The zero-order valence-electron chi connectivity index (χ0n) is 18.0. The van der Waals surface area contributed by atoms with Gasteiger partial charge < -0.3 is 13.8 Å². The zero-order valence-corrected chi connectivity index (χ0v) is 18.9. The molecule has 0 aliphatic rings. The lowest BCUT2D eigenvalue weighted by Gasteiger charge is -2.24. The molecule has 3 atom stereocenters. The van der Waals surface area contributed by atoms with Gasteiger partial charge in [0, 0.05) is 0 Å². The van der Waals surface area contributed by atoms with Gasteiger partial charge in [-0.15, -0.1) is 0 Å². The van der Waals surface area contributed by atoms with E-state index >= 15 is 0 Å². The van der Waals surface area contributed by atoms with Crippen molar-refractivity contribution in [1.29, 1.82) is 0 Å². The van der Waals surface area contributed by atoms with E-state index in [1.165, 1.54) is 31.2 Å². The molecular weight excluding hydrogens is 472 g/mol. The average molecular weight is 495 g/mol. The first kappa shape index (κ1) is 26.6. The van der Waals surface area contributed by atoms with Gasteiger partial charge >= 0.3 is 13.7 Å². The summed E-state index contributed by atoms with van der Waals surface area (Å²) in [6.07, 6.45) is 1.36. The molecule has 0 aliphatic heterocycles. The van der Waals surface area contributed by atoms with Crippen molar-refractivity contribution < 1.29 is 45.1 Å². The molecule has 0 amide bonds. The van der Waals surface area contributed by atoms with E-state index in [1.54, 1.807) is 13.0 Å². The van der Waals surface area contributed by atoms with Crippen LogP contribution in [0.2, 0.25) is 0 Å². The quantitative estimate of drug-likeness (QED) is 0.135. The fraction of sp³-hybridized carbons (Fsp3) is 0.381. The Morgan fingerprint density at radius 3 is 2.00 bits per heavy atom. The van der Waals surface area contributed by atoms with Crippen LogP contribution in [0.15, 0.2) is 30.3 Å². The predicted molar refractivity (Wildman–Crippen MR) is 109 cm³/mol. The van der Waals surface area contributed by atoms with Crippen LogP contribution >= 0.6 is 7.75 Å². The highest BCUT2D eigenvalue weighted by Crippen LogP contribution is 2.47. The number of hydrogen-bond donors (Lipinski definition) is 1. The Bertz CT molecular complexity index is 995. The SMILES string of the molecule is CCCC(CC)OC(=O)[C@H](C)N[P@](=O)(Oc1ccccc1)Oc1c(F)c(F)c(F)c(F)c1F. The normalized spacial score (nSPS) is 14.8. The number of nitrogens with one attached hydrogen (secondary N) is 1. The van der Waals surface area contributed by atoms with Crippen LogP contribution in [0.1, 0.15) is 40.0 Å². The minimum Gasteiger partial charge on any atom is -0.461 e. The second kappa shape index (κ2) is 11.5. The van der Waals surface area contributed by atoms with Crippen LogP contribution in [-0.4, -0.2) is 18.1 Å². The number of halogens is 5. The number of esters is 1. The summed E-state index contributed by atoms with van der Waals surface area (Å²) in [5, 5.41) is 2.13. The van der Waals surface area contributed by atoms with Gasteiger partial charge in [-0.1, -0.05) is 38.5 Å². The highest BCUT2D eigenvalue weighted by Gasteiger charge is 2.38. The first-order chi connectivity index (χ1) is 15.5. The number of carbonyl (C=O) groups excluding carboxylic acids is 1. The Hall–Kier alpha value is -2.65. The van der Waals surface area contributed by atoms with Crippen molar-refractivity contribution in [2.75, 3.05) is 0 Å². The molecule has 2 aromatic rings. The third kappa shape index (κ3) is 6.68. The number of para-hydroxylation sites is 1. The Morgan fingerprint density at radius 2 is 1.48 bits per heavy atom. The third-order valence-corrected chi connectivity index (χ3v) is 5.98. The number of rotatable bonds is 11. The van der Waals surface area contributed by atoms with Gasteiger partial charge in [-0.05, 0) is 31.9 Å². The molecule has 0 aliphatic carbocycles. The van der Waals surface area contributed by atoms with Crippen molar-refractivity contribution in [1.82, 2.24) is 5.09 Å². The smallest absolute Gasteiger partial charge is 0.461 e. The van der Waals surface area contributed by atoms with E-state index in [2.05, 4.69) is 5.09 Å². The van der Waals surface area contributed by atoms with Crippen LogP contribution < -0.4 is 14.1 Å². The summed E-state index contributed by atoms with van der Waals surface area (Å²) in [5.74, 6) is -14.5. The van der Waals surface area contributed by atoms with Gasteiger partial charge in [0.15, 0.2) is 0 Å². The molecule has 1 unspecified atom stereocenters. The monoisotopic (exact) mass is 495 g/mol. The van der Waals surface area contributed by atoms with Crippen molar-refractivity contribution in [3.63, 3.8) is 0 Å². The lowest BCUT2D eigenvalue weighted by molar-refractivity contribution is -0.151. The Labute approximate surface area is 187 Å². The fourth-order valence-corrected chi connectivity index (χ4v) is 4.22. The summed E-state index contributed by atoms with van der Waals surface area (Å²) in [5.41, 5.74) is 0. The molecule has 0 bridgehead atoms. The van der Waals surface area contributed by atoms with Crippen molar-refractivity contribution in [2.45, 2.75) is 52.2 Å². The van der Waals surface area contributed by atoms with Crippen LogP contribution in [0.5, 0.6) is 11.5 Å². The molecule has 0 saturated heterocycles. The fourth-order valence-electron chi connectivity index (χ4n) is 2.70. The maximum absolute atomic E-state index is 14.1. The maximum Gasteiger partial charge on any atom is 0.513 e. The van der Waals surface area contributed by atoms with Crippen LogP contribution in [0.25, 0.3) is 0 Å². The molecule has 33 heavy (non-hydrogen) atoms. The Balaban J connectivity index is 2.38. The molecule has 0 saturated carbocycles. The maximum atomic E-state index is 14.1. The van der Waals surface area contributed by atoms with Crippen molar-refractivity contribution >= 4 is 13.7 Å². The minimum absolute atomic E-state index is 0.129. The summed E-state index contributed by atoms with van der Waals surface area (Å²) in [7, 11) is -4.94. The Kier molecular flexibility index (Phi) is 9.25. The predicted octanol–water partition coefficient (Wildman–Crippen LogP) is 6.05. The van der Waals surface area contributed by atoms with E-state index in [4.69, 9.17) is 13.8 Å². The topological polar surface area (TPSA) is 73.9 Å². The van der Waals surface area contributed by atoms with E-state index in [-0.39, 0.29) is 5.75 Å². The number of hydrogen-bond acceptors (Lipinski definition) is 5. The van der Waals surface area contributed by atoms with Crippen molar-refractivity contribution in [3.8, 4) is 11.5 Å². The van der Waals surface area contributed by atoms with Gasteiger partial charge in [0.05, 0.1) is 0 Å². The van der Waals surface area contributed by atoms with E-state index in [0.717, 1.165) is 6.42 Å². The molecule has 0 aromatic heterocycles. The lowest BCUT2D eigenvalue weighted by atomic mass is 10.1. The van der Waals surface area contributed by atoms with E-state index < -0.39 is 60.7 Å². The number of benzene rings is 2. The largest absolute Gasteiger partial charge is 0.513 e. The van der Waals surface area contributed by atoms with Gasteiger partial charge in [0.2, 0.25) is 34.8 Å². The van der Waals surface area contributed by atoms with Crippen LogP contribution in [-0.2, 0) is 14.1 Å². The third-order valence-electron chi connectivity index (χ3n) is 4.40. The number of carbonyl (C=O) groups is 1. The van der Waals surface area contributed by atoms with Crippen LogP contribution in [0.3, 0.4) is 0 Å². The average Bonchev–Trinajstić information content (AvgIpc) is 2.79. The van der Waals surface area contributed by atoms with E-state index in [9.17, 15) is 31.3 Å². The van der Waals surface area contributed by atoms with E-state index in [1.807, 2.05) is 6.92 Å². The first-order valence-corrected chi connectivity index (χ1v) is 11.6. The Morgan fingerprint density at radius 1 is 0.939 bits per heavy atom. The highest BCUT2D eigenvalue weighted by atomic mass is 31.2. The molecule has 2 aromatic carbocycles. The lowest BCUT2D eigenvalue weighted by Crippen LogP contribution is -2.37. The van der Waals surface area contributed by atoms with Gasteiger partial charge in [0.1, 0.15) is 17.9 Å². The molecule has 2 rings (SSSR count). The van der Waals surface area contributed by atoms with Gasteiger partial charge in [0.25, 0.3) is 0 Å². The van der Waals surface area contributed by atoms with Crippen molar-refractivity contribution in [3.05, 3.63) is 59.4 Å². The van der Waals surface area contributed by atoms with Gasteiger partial charge in [-0.25, -0.2) is 17.7 Å². The van der Waals surface area contributed by atoms with Gasteiger partial charge in [-0.3, -0.25) is 4.79 Å². The molecule has 0 fully saturated rings. The highest BCUT2D eigenvalue weighted by molar-refractivity contribution is 7.52. The first-order valence-electron chi connectivity index (χ1n) is 10.1. The minimum atomic E-state index is -4.94. The second-order valence-electron chi connectivity index (χ2n) is 7.00. The molecule has 182 valence electrons. The van der Waals surface area contributed by atoms with Crippen LogP contribution in [0, 0.1) is 29.1 Å².